The summed E-state index contributed by atoms with van der Waals surface area (Å²) in [7, 11) is 0. The summed E-state index contributed by atoms with van der Waals surface area (Å²) in [6, 6.07) is 17.7. The van der Waals surface area contributed by atoms with Crippen molar-refractivity contribution < 1.29 is 13.2 Å². The van der Waals surface area contributed by atoms with Crippen molar-refractivity contribution in [3.05, 3.63) is 60.2 Å². The van der Waals surface area contributed by atoms with Crippen LogP contribution < -0.4 is 5.32 Å². The van der Waals surface area contributed by atoms with Crippen LogP contribution in [0.25, 0.3) is 11.1 Å². The molecular weight excluding hydrogens is 396 g/mol. The third-order valence-corrected chi connectivity index (χ3v) is 4.67. The molecular formula is C20H25Cl2F3N2. The first-order chi connectivity index (χ1) is 12.0. The second kappa shape index (κ2) is 10.9. The molecule has 0 saturated carbocycles. The third-order valence-electron chi connectivity index (χ3n) is 4.67. The fourth-order valence-electron chi connectivity index (χ4n) is 3.41. The first-order valence-corrected chi connectivity index (χ1v) is 8.70. The molecule has 27 heavy (non-hydrogen) atoms. The zero-order chi connectivity index (χ0) is 17.7. The number of benzene rings is 2. The molecule has 0 amide bonds. The van der Waals surface area contributed by atoms with Crippen LogP contribution in [0.3, 0.4) is 0 Å². The topological polar surface area (TPSA) is 15.3 Å². The van der Waals surface area contributed by atoms with Crippen LogP contribution in [0, 0.1) is 0 Å². The van der Waals surface area contributed by atoms with Crippen molar-refractivity contribution in [2.75, 3.05) is 26.2 Å². The minimum Gasteiger partial charge on any atom is -0.314 e. The highest BCUT2D eigenvalue weighted by molar-refractivity contribution is 5.85. The Bertz CT molecular complexity index is 674. The van der Waals surface area contributed by atoms with E-state index in [9.17, 15) is 13.2 Å². The van der Waals surface area contributed by atoms with E-state index in [0.717, 1.165) is 42.9 Å². The zero-order valence-electron chi connectivity index (χ0n) is 14.9. The van der Waals surface area contributed by atoms with E-state index in [1.807, 2.05) is 54.6 Å². The molecule has 1 N–H and O–H groups in total. The quantitative estimate of drug-likeness (QED) is 0.687. The Labute approximate surface area is 171 Å². The number of hydrogen-bond donors (Lipinski definition) is 1. The maximum atomic E-state index is 12.8. The van der Waals surface area contributed by atoms with Crippen LogP contribution >= 0.6 is 24.8 Å². The predicted octanol–water partition coefficient (Wildman–Crippen LogP) is 5.49. The molecule has 1 atom stereocenters. The van der Waals surface area contributed by atoms with E-state index in [1.54, 1.807) is 0 Å². The average Bonchev–Trinajstić information content (AvgIpc) is 2.63. The highest BCUT2D eigenvalue weighted by Crippen LogP contribution is 2.33. The normalized spacial score (nSPS) is 16.1. The van der Waals surface area contributed by atoms with E-state index in [1.165, 1.54) is 0 Å². The van der Waals surface area contributed by atoms with Crippen LogP contribution in [-0.2, 0) is 0 Å². The van der Waals surface area contributed by atoms with Gasteiger partial charge in [0.25, 0.3) is 0 Å². The van der Waals surface area contributed by atoms with Crippen LogP contribution in [-0.4, -0.2) is 37.3 Å². The van der Waals surface area contributed by atoms with Crippen molar-refractivity contribution in [1.29, 1.82) is 0 Å². The lowest BCUT2D eigenvalue weighted by Gasteiger charge is -2.35. The van der Waals surface area contributed by atoms with Crippen LogP contribution in [0.4, 0.5) is 13.2 Å². The zero-order valence-corrected chi connectivity index (χ0v) is 16.5. The third kappa shape index (κ3) is 7.00. The van der Waals surface area contributed by atoms with Gasteiger partial charge in [-0.15, -0.1) is 24.8 Å². The van der Waals surface area contributed by atoms with Crippen LogP contribution in [0.2, 0.25) is 0 Å². The molecule has 3 rings (SSSR count). The van der Waals surface area contributed by atoms with Gasteiger partial charge in [-0.05, 0) is 29.2 Å². The lowest BCUT2D eigenvalue weighted by Crippen LogP contribution is -2.45. The SMILES string of the molecule is Cl.Cl.FC(F)(F)CC[C@@H](c1cccc(-c2ccccc2)c1)N1CCNCC1. The number of nitrogens with one attached hydrogen (secondary N) is 1. The van der Waals surface area contributed by atoms with Gasteiger partial charge in [0.15, 0.2) is 0 Å². The molecule has 0 aromatic heterocycles. The summed E-state index contributed by atoms with van der Waals surface area (Å²) in [6.07, 6.45) is -4.78. The Balaban J connectivity index is 0.00000182. The minimum atomic E-state index is -4.12. The molecule has 0 spiro atoms. The molecule has 7 heteroatoms. The molecule has 1 fully saturated rings. The lowest BCUT2D eigenvalue weighted by atomic mass is 9.95. The molecule has 2 nitrogen and oxygen atoms in total. The average molecular weight is 421 g/mol. The van der Waals surface area contributed by atoms with Crippen molar-refractivity contribution in [2.24, 2.45) is 0 Å². The largest absolute Gasteiger partial charge is 0.389 e. The number of alkyl halides is 3. The molecule has 2 aromatic carbocycles. The van der Waals surface area contributed by atoms with Gasteiger partial charge in [-0.25, -0.2) is 0 Å². The van der Waals surface area contributed by atoms with Gasteiger partial charge in [-0.3, -0.25) is 4.90 Å². The van der Waals surface area contributed by atoms with Crippen molar-refractivity contribution in [3.63, 3.8) is 0 Å². The van der Waals surface area contributed by atoms with Crippen molar-refractivity contribution in [1.82, 2.24) is 10.2 Å². The van der Waals surface area contributed by atoms with Gasteiger partial charge < -0.3 is 5.32 Å². The predicted molar refractivity (Wildman–Crippen MR) is 109 cm³/mol. The fraction of sp³-hybridized carbons (Fsp3) is 0.400. The van der Waals surface area contributed by atoms with Crippen LogP contribution in [0.1, 0.15) is 24.4 Å². The van der Waals surface area contributed by atoms with Gasteiger partial charge >= 0.3 is 6.18 Å². The van der Waals surface area contributed by atoms with Gasteiger partial charge in [0, 0.05) is 38.6 Å². The highest BCUT2D eigenvalue weighted by Gasteiger charge is 2.31. The summed E-state index contributed by atoms with van der Waals surface area (Å²) in [4.78, 5) is 2.17. The van der Waals surface area contributed by atoms with Gasteiger partial charge in [-0.1, -0.05) is 48.5 Å². The Hall–Kier alpha value is -1.27. The van der Waals surface area contributed by atoms with Gasteiger partial charge in [0.2, 0.25) is 0 Å². The molecule has 1 aliphatic rings. The molecule has 0 aliphatic carbocycles. The lowest BCUT2D eigenvalue weighted by molar-refractivity contribution is -0.138. The molecule has 0 bridgehead atoms. The summed E-state index contributed by atoms with van der Waals surface area (Å²) in [5, 5.41) is 3.27. The van der Waals surface area contributed by atoms with E-state index >= 15 is 0 Å². The Morgan fingerprint density at radius 3 is 2.15 bits per heavy atom. The summed E-state index contributed by atoms with van der Waals surface area (Å²) in [6.45, 7) is 3.19. The van der Waals surface area contributed by atoms with E-state index in [2.05, 4.69) is 10.2 Å². The number of hydrogen-bond acceptors (Lipinski definition) is 2. The summed E-state index contributed by atoms with van der Waals surface area (Å²) < 4.78 is 38.4. The number of nitrogens with zero attached hydrogens (tertiary/aromatic N) is 1. The Morgan fingerprint density at radius 2 is 1.52 bits per heavy atom. The van der Waals surface area contributed by atoms with Gasteiger partial charge in [0.1, 0.15) is 0 Å². The summed E-state index contributed by atoms with van der Waals surface area (Å²) in [5.41, 5.74) is 3.09. The maximum Gasteiger partial charge on any atom is 0.389 e. The summed E-state index contributed by atoms with van der Waals surface area (Å²) >= 11 is 0. The molecule has 150 valence electrons. The molecule has 1 saturated heterocycles. The molecule has 0 radical (unpaired) electrons. The van der Waals surface area contributed by atoms with E-state index in [0.29, 0.717) is 0 Å². The smallest absolute Gasteiger partial charge is 0.314 e. The van der Waals surface area contributed by atoms with Crippen LogP contribution in [0.15, 0.2) is 54.6 Å². The second-order valence-electron chi connectivity index (χ2n) is 6.45. The van der Waals surface area contributed by atoms with Crippen molar-refractivity contribution >= 4 is 24.8 Å². The molecule has 0 unspecified atom stereocenters. The number of halogens is 5. The van der Waals surface area contributed by atoms with E-state index in [4.69, 9.17) is 0 Å². The van der Waals surface area contributed by atoms with E-state index in [-0.39, 0.29) is 37.3 Å². The van der Waals surface area contributed by atoms with Gasteiger partial charge in [-0.2, -0.15) is 13.2 Å². The Kier molecular flexibility index (Phi) is 9.60. The molecule has 1 aliphatic heterocycles. The number of piperazine rings is 1. The standard InChI is InChI=1S/C20H23F3N2.2ClH/c21-20(22,23)10-9-19(25-13-11-24-12-14-25)18-8-4-7-17(15-18)16-5-2-1-3-6-16;;/h1-8,15,19,24H,9-14H2;2*1H/t19-;;/m0../s1. The second-order valence-corrected chi connectivity index (χ2v) is 6.45. The van der Waals surface area contributed by atoms with Crippen LogP contribution in [0.5, 0.6) is 0 Å². The maximum absolute atomic E-state index is 12.8. The monoisotopic (exact) mass is 420 g/mol. The van der Waals surface area contributed by atoms with Gasteiger partial charge in [0.05, 0.1) is 0 Å². The minimum absolute atomic E-state index is 0. The molecule has 2 aromatic rings. The summed E-state index contributed by atoms with van der Waals surface area (Å²) in [5.74, 6) is 0. The highest BCUT2D eigenvalue weighted by atomic mass is 35.5. The molecule has 1 heterocycles. The first-order valence-electron chi connectivity index (χ1n) is 8.70. The Morgan fingerprint density at radius 1 is 0.889 bits per heavy atom. The fourth-order valence-corrected chi connectivity index (χ4v) is 3.41. The first kappa shape index (κ1) is 23.8. The number of rotatable bonds is 5. The van der Waals surface area contributed by atoms with E-state index < -0.39 is 12.6 Å². The van der Waals surface area contributed by atoms with Crippen molar-refractivity contribution in [2.45, 2.75) is 25.1 Å². The van der Waals surface area contributed by atoms with Crippen molar-refractivity contribution in [3.8, 4) is 11.1 Å².